The molecule has 3 unspecified atom stereocenters. The Hall–Kier alpha value is -0.212. The van der Waals surface area contributed by atoms with Crippen molar-refractivity contribution in [3.63, 3.8) is 0 Å². The van der Waals surface area contributed by atoms with E-state index in [0.29, 0.717) is 10.5 Å². The van der Waals surface area contributed by atoms with Gasteiger partial charge >= 0.3 is 92.1 Å². The van der Waals surface area contributed by atoms with Crippen LogP contribution in [-0.4, -0.2) is 39.1 Å². The van der Waals surface area contributed by atoms with Crippen LogP contribution in [-0.2, 0) is 4.79 Å². The van der Waals surface area contributed by atoms with Crippen molar-refractivity contribution in [2.75, 3.05) is 6.54 Å². The van der Waals surface area contributed by atoms with Crippen LogP contribution in [0.1, 0.15) is 25.7 Å². The number of hydrogen-bond acceptors (Lipinski definition) is 2. The first-order valence-electron chi connectivity index (χ1n) is 4.90. The van der Waals surface area contributed by atoms with E-state index in [-0.39, 0.29) is 18.3 Å². The van der Waals surface area contributed by atoms with Gasteiger partial charge in [-0.15, -0.1) is 12.4 Å². The molecule has 88 valence electrons. The number of carbonyl (C=O) groups is 1. The Morgan fingerprint density at radius 1 is 1.53 bits per heavy atom. The molecular weight excluding hydrogens is 278 g/mol. The van der Waals surface area contributed by atoms with Gasteiger partial charge in [-0.05, 0) is 0 Å². The van der Waals surface area contributed by atoms with Gasteiger partial charge in [-0.2, -0.15) is 0 Å². The number of nitrogens with one attached hydrogen (secondary N) is 2. The first-order chi connectivity index (χ1) is 6.59. The first-order valence-corrected chi connectivity index (χ1v) is 6.11. The molecular formula is C9H18AsClN2O2. The number of amidine groups is 1. The van der Waals surface area contributed by atoms with Crippen molar-refractivity contribution in [1.82, 2.24) is 5.32 Å². The number of rotatable bonds is 3. The molecule has 1 fully saturated rings. The molecule has 1 aliphatic carbocycles. The third-order valence-electron chi connectivity index (χ3n) is 2.71. The molecule has 0 saturated heterocycles. The maximum atomic E-state index is 10.8. The Labute approximate surface area is 105 Å². The summed E-state index contributed by atoms with van der Waals surface area (Å²) >= 11 is 1.27. The molecule has 1 saturated carbocycles. The second-order valence-electron chi connectivity index (χ2n) is 3.86. The molecule has 0 amide bonds. The zero-order chi connectivity index (χ0) is 10.6. The van der Waals surface area contributed by atoms with Crippen LogP contribution < -0.4 is 5.32 Å². The Morgan fingerprint density at radius 2 is 2.20 bits per heavy atom. The molecule has 6 heteroatoms. The van der Waals surface area contributed by atoms with E-state index < -0.39 is 5.97 Å². The molecule has 0 aromatic rings. The van der Waals surface area contributed by atoms with Gasteiger partial charge in [0.05, 0.1) is 0 Å². The monoisotopic (exact) mass is 296 g/mol. The van der Waals surface area contributed by atoms with Gasteiger partial charge < -0.3 is 0 Å². The molecule has 0 aliphatic heterocycles. The van der Waals surface area contributed by atoms with Gasteiger partial charge in [0.1, 0.15) is 0 Å². The molecule has 15 heavy (non-hydrogen) atoms. The third kappa shape index (κ3) is 5.43. The predicted octanol–water partition coefficient (Wildman–Crippen LogP) is 0.457. The Bertz CT molecular complexity index is 238. The molecule has 0 aromatic heterocycles. The average molecular weight is 297 g/mol. The molecule has 1 rings (SSSR count). The second-order valence-corrected chi connectivity index (χ2v) is 5.07. The van der Waals surface area contributed by atoms with Gasteiger partial charge in [-0.25, -0.2) is 0 Å². The van der Waals surface area contributed by atoms with E-state index >= 15 is 0 Å². The van der Waals surface area contributed by atoms with Gasteiger partial charge in [0, 0.05) is 0 Å². The topological polar surface area (TPSA) is 73.2 Å². The molecule has 0 bridgehead atoms. The molecule has 4 nitrogen and oxygen atoms in total. The Morgan fingerprint density at radius 3 is 2.73 bits per heavy atom. The van der Waals surface area contributed by atoms with Crippen LogP contribution in [0.25, 0.3) is 0 Å². The standard InChI is InChI=1S/C9H17AsN2O2.ClH/c10-9(11)12-5-6-2-1-3-7(4-6)8(13)14;/h6-7H,1-5,10H2,(H2,11,12)(H,13,14);1H. The van der Waals surface area contributed by atoms with E-state index in [4.69, 9.17) is 10.5 Å². The summed E-state index contributed by atoms with van der Waals surface area (Å²) in [6.07, 6.45) is 3.69. The summed E-state index contributed by atoms with van der Waals surface area (Å²) in [6, 6.07) is 0. The number of hydrogen-bond donors (Lipinski definition) is 3. The van der Waals surface area contributed by atoms with Crippen molar-refractivity contribution in [3.8, 4) is 0 Å². The normalized spacial score (nSPS) is 25.1. The van der Waals surface area contributed by atoms with E-state index in [0.717, 1.165) is 32.2 Å². The number of aliphatic carboxylic acids is 1. The summed E-state index contributed by atoms with van der Waals surface area (Å²) in [4.78, 5) is 10.8. The number of halogens is 1. The quantitative estimate of drug-likeness (QED) is 0.402. The fourth-order valence-corrected chi connectivity index (χ4v) is 2.20. The van der Waals surface area contributed by atoms with E-state index in [1.54, 1.807) is 0 Å². The van der Waals surface area contributed by atoms with Gasteiger partial charge in [0.15, 0.2) is 0 Å². The molecule has 1 aliphatic rings. The molecule has 3 atom stereocenters. The molecule has 0 heterocycles. The van der Waals surface area contributed by atoms with Gasteiger partial charge in [0.25, 0.3) is 0 Å². The molecule has 0 aromatic carbocycles. The molecule has 3 N–H and O–H groups in total. The van der Waals surface area contributed by atoms with E-state index in [2.05, 4.69) is 5.32 Å². The van der Waals surface area contributed by atoms with Crippen molar-refractivity contribution < 1.29 is 9.90 Å². The van der Waals surface area contributed by atoms with Crippen molar-refractivity contribution in [1.29, 1.82) is 5.41 Å². The zero-order valence-corrected chi connectivity index (χ0v) is 11.8. The first kappa shape index (κ1) is 14.8. The van der Waals surface area contributed by atoms with Crippen LogP contribution in [0.3, 0.4) is 0 Å². The number of carboxylic acids is 1. The van der Waals surface area contributed by atoms with Gasteiger partial charge in [0.2, 0.25) is 0 Å². The summed E-state index contributed by atoms with van der Waals surface area (Å²) < 4.78 is 0.523. The van der Waals surface area contributed by atoms with Crippen molar-refractivity contribution in [2.24, 2.45) is 11.8 Å². The van der Waals surface area contributed by atoms with Gasteiger partial charge in [-0.1, -0.05) is 0 Å². The molecule has 0 radical (unpaired) electrons. The van der Waals surface area contributed by atoms with Crippen molar-refractivity contribution in [2.45, 2.75) is 25.7 Å². The fraction of sp³-hybridized carbons (Fsp3) is 0.778. The zero-order valence-electron chi connectivity index (χ0n) is 8.53. The van der Waals surface area contributed by atoms with Gasteiger partial charge in [-0.3, -0.25) is 0 Å². The van der Waals surface area contributed by atoms with Crippen molar-refractivity contribution >= 4 is 39.9 Å². The summed E-state index contributed by atoms with van der Waals surface area (Å²) in [5, 5.41) is 19.1. The second kappa shape index (κ2) is 7.13. The van der Waals surface area contributed by atoms with Crippen LogP contribution >= 0.6 is 12.4 Å². The summed E-state index contributed by atoms with van der Waals surface area (Å²) in [7, 11) is 0. The van der Waals surface area contributed by atoms with Crippen LogP contribution in [0.15, 0.2) is 0 Å². The van der Waals surface area contributed by atoms with E-state index in [1.165, 1.54) is 16.9 Å². The minimum atomic E-state index is -0.662. The van der Waals surface area contributed by atoms with Crippen LogP contribution in [0.2, 0.25) is 0 Å². The summed E-state index contributed by atoms with van der Waals surface area (Å²) in [6.45, 7) is 0.765. The van der Waals surface area contributed by atoms with E-state index in [1.807, 2.05) is 0 Å². The SMILES string of the molecule is Cl.N=C([AsH2])NCC1CCCC(C(=O)O)C1. The fourth-order valence-electron chi connectivity index (χ4n) is 1.95. The van der Waals surface area contributed by atoms with Crippen LogP contribution in [0.4, 0.5) is 0 Å². The Kier molecular flexibility index (Phi) is 7.03. The molecule has 0 spiro atoms. The summed E-state index contributed by atoms with van der Waals surface area (Å²) in [5.74, 6) is -0.390. The van der Waals surface area contributed by atoms with Crippen LogP contribution in [0, 0.1) is 17.2 Å². The van der Waals surface area contributed by atoms with Crippen LogP contribution in [0.5, 0.6) is 0 Å². The van der Waals surface area contributed by atoms with Crippen molar-refractivity contribution in [3.05, 3.63) is 0 Å². The number of carboxylic acid groups (broad SMARTS) is 1. The van der Waals surface area contributed by atoms with E-state index in [9.17, 15) is 4.79 Å². The maximum absolute atomic E-state index is 10.8. The predicted molar refractivity (Wildman–Crippen MR) is 64.6 cm³/mol. The summed E-state index contributed by atoms with van der Waals surface area (Å²) in [5.41, 5.74) is 0. The average Bonchev–Trinajstić information content (AvgIpc) is 2.15. The Balaban J connectivity index is 0.00000196. The third-order valence-corrected chi connectivity index (χ3v) is 3.14. The minimum absolute atomic E-state index is 0.